The topological polar surface area (TPSA) is 105 Å². The Morgan fingerprint density at radius 3 is 2.56 bits per heavy atom. The molecule has 0 bridgehead atoms. The zero-order valence-electron chi connectivity index (χ0n) is 21.6. The number of para-hydroxylation sites is 1. The van der Waals surface area contributed by atoms with Crippen LogP contribution in [-0.4, -0.2) is 46.1 Å². The number of hydrogen-bond donors (Lipinski definition) is 1. The number of halogens is 1. The molecular weight excluding hydrogens is 540 g/mol. The number of thioether (sulfide) groups is 1. The van der Waals surface area contributed by atoms with Crippen LogP contribution in [0.2, 0.25) is 5.02 Å². The highest BCUT2D eigenvalue weighted by atomic mass is 35.5. The molecule has 0 spiro atoms. The molecular formula is C28H27ClN4O5S. The van der Waals surface area contributed by atoms with E-state index in [4.69, 9.17) is 25.8 Å². The van der Waals surface area contributed by atoms with Gasteiger partial charge in [0.1, 0.15) is 6.61 Å². The van der Waals surface area contributed by atoms with E-state index in [1.165, 1.54) is 23.9 Å². The molecule has 0 saturated heterocycles. The van der Waals surface area contributed by atoms with E-state index in [1.807, 2.05) is 60.0 Å². The average molecular weight is 567 g/mol. The Morgan fingerprint density at radius 2 is 1.82 bits per heavy atom. The summed E-state index contributed by atoms with van der Waals surface area (Å²) in [6, 6.07) is 19.8. The monoisotopic (exact) mass is 566 g/mol. The zero-order chi connectivity index (χ0) is 27.8. The molecule has 11 heteroatoms. The third-order valence-electron chi connectivity index (χ3n) is 5.47. The maximum Gasteiger partial charge on any atom is 0.338 e. The molecule has 3 aromatic carbocycles. The lowest BCUT2D eigenvalue weighted by molar-refractivity contribution is -0.113. The van der Waals surface area contributed by atoms with Crippen LogP contribution in [-0.2, 0) is 16.1 Å². The number of esters is 1. The van der Waals surface area contributed by atoms with Crippen molar-refractivity contribution in [2.24, 2.45) is 0 Å². The first-order valence-electron chi connectivity index (χ1n) is 12.1. The largest absolute Gasteiger partial charge is 0.493 e. The van der Waals surface area contributed by atoms with Gasteiger partial charge in [-0.25, -0.2) is 4.79 Å². The van der Waals surface area contributed by atoms with Crippen molar-refractivity contribution in [3.8, 4) is 17.2 Å². The van der Waals surface area contributed by atoms with Gasteiger partial charge in [-0.15, -0.1) is 10.2 Å². The summed E-state index contributed by atoms with van der Waals surface area (Å²) in [7, 11) is 1.59. The molecule has 1 heterocycles. The summed E-state index contributed by atoms with van der Waals surface area (Å²) in [5, 5.41) is 12.2. The molecule has 0 unspecified atom stereocenters. The number of ether oxygens (including phenoxy) is 3. The SMILES string of the molecule is CCOC(=O)c1ccc(Cl)c(NC(=O)CSc2nnc(COc3ccc(C)cc3OC)n2-c2ccccc2)c1. The lowest BCUT2D eigenvalue weighted by Gasteiger charge is -2.13. The molecule has 39 heavy (non-hydrogen) atoms. The fourth-order valence-corrected chi connectivity index (χ4v) is 4.57. The number of nitrogens with zero attached hydrogens (tertiary/aromatic N) is 3. The number of rotatable bonds is 11. The fourth-order valence-electron chi connectivity index (χ4n) is 3.64. The third kappa shape index (κ3) is 7.10. The van der Waals surface area contributed by atoms with E-state index in [0.29, 0.717) is 38.8 Å². The number of carbonyl (C=O) groups is 2. The number of methoxy groups -OCH3 is 1. The smallest absolute Gasteiger partial charge is 0.338 e. The second kappa shape index (κ2) is 13.2. The summed E-state index contributed by atoms with van der Waals surface area (Å²) in [5.74, 6) is 0.967. The first-order chi connectivity index (χ1) is 18.9. The lowest BCUT2D eigenvalue weighted by atomic mass is 10.2. The zero-order valence-corrected chi connectivity index (χ0v) is 23.2. The molecule has 202 valence electrons. The normalized spacial score (nSPS) is 10.7. The minimum Gasteiger partial charge on any atom is -0.493 e. The third-order valence-corrected chi connectivity index (χ3v) is 6.73. The Balaban J connectivity index is 1.50. The van der Waals surface area contributed by atoms with Crippen LogP contribution in [0.25, 0.3) is 5.69 Å². The molecule has 0 saturated carbocycles. The Morgan fingerprint density at radius 1 is 1.03 bits per heavy atom. The van der Waals surface area contributed by atoms with Crippen LogP contribution < -0.4 is 14.8 Å². The first kappa shape index (κ1) is 28.0. The first-order valence-corrected chi connectivity index (χ1v) is 13.4. The van der Waals surface area contributed by atoms with Crippen molar-refractivity contribution >= 4 is 40.9 Å². The highest BCUT2D eigenvalue weighted by Crippen LogP contribution is 2.30. The highest BCUT2D eigenvalue weighted by molar-refractivity contribution is 7.99. The Labute approximate surface area is 235 Å². The van der Waals surface area contributed by atoms with Crippen molar-refractivity contribution in [3.63, 3.8) is 0 Å². The van der Waals surface area contributed by atoms with Gasteiger partial charge in [-0.2, -0.15) is 0 Å². The Hall–Kier alpha value is -4.02. The predicted molar refractivity (Wildman–Crippen MR) is 150 cm³/mol. The molecule has 0 aliphatic carbocycles. The van der Waals surface area contributed by atoms with Gasteiger partial charge in [0.05, 0.1) is 35.7 Å². The number of anilines is 1. The number of carbonyl (C=O) groups excluding carboxylic acids is 2. The van der Waals surface area contributed by atoms with Gasteiger partial charge in [0.15, 0.2) is 22.5 Å². The van der Waals surface area contributed by atoms with Crippen LogP contribution in [0.5, 0.6) is 11.5 Å². The molecule has 0 fully saturated rings. The van der Waals surface area contributed by atoms with Gasteiger partial charge in [-0.3, -0.25) is 9.36 Å². The van der Waals surface area contributed by atoms with Crippen LogP contribution in [0.15, 0.2) is 71.9 Å². The predicted octanol–water partition coefficient (Wildman–Crippen LogP) is 5.72. The van der Waals surface area contributed by atoms with Gasteiger partial charge in [0, 0.05) is 5.69 Å². The van der Waals surface area contributed by atoms with Gasteiger partial charge < -0.3 is 19.5 Å². The number of amides is 1. The van der Waals surface area contributed by atoms with Crippen molar-refractivity contribution in [1.82, 2.24) is 14.8 Å². The summed E-state index contributed by atoms with van der Waals surface area (Å²) >= 11 is 7.45. The lowest BCUT2D eigenvalue weighted by Crippen LogP contribution is -2.16. The van der Waals surface area contributed by atoms with Gasteiger partial charge in [-0.05, 0) is 61.9 Å². The highest BCUT2D eigenvalue weighted by Gasteiger charge is 2.18. The molecule has 0 radical (unpaired) electrons. The number of aromatic nitrogens is 3. The van der Waals surface area contributed by atoms with Crippen molar-refractivity contribution in [1.29, 1.82) is 0 Å². The van der Waals surface area contributed by atoms with Crippen molar-refractivity contribution in [2.45, 2.75) is 25.6 Å². The minimum absolute atomic E-state index is 0.0254. The Bertz CT molecular complexity index is 1460. The van der Waals surface area contributed by atoms with E-state index in [1.54, 1.807) is 20.1 Å². The maximum atomic E-state index is 12.8. The van der Waals surface area contributed by atoms with Crippen molar-refractivity contribution < 1.29 is 23.8 Å². The van der Waals surface area contributed by atoms with Crippen LogP contribution in [0.4, 0.5) is 5.69 Å². The summed E-state index contributed by atoms with van der Waals surface area (Å²) < 4.78 is 18.3. The quantitative estimate of drug-likeness (QED) is 0.181. The van der Waals surface area contributed by atoms with Crippen LogP contribution >= 0.6 is 23.4 Å². The van der Waals surface area contributed by atoms with Gasteiger partial charge in [0.25, 0.3) is 0 Å². The molecule has 0 aliphatic rings. The molecule has 0 aliphatic heterocycles. The summed E-state index contributed by atoms with van der Waals surface area (Å²) in [4.78, 5) is 24.9. The summed E-state index contributed by atoms with van der Waals surface area (Å²) in [5.41, 5.74) is 2.49. The molecule has 1 aromatic heterocycles. The van der Waals surface area contributed by atoms with Gasteiger partial charge in [0.2, 0.25) is 5.91 Å². The van der Waals surface area contributed by atoms with Gasteiger partial charge >= 0.3 is 5.97 Å². The number of nitrogens with one attached hydrogen (secondary N) is 1. The molecule has 0 atom stereocenters. The van der Waals surface area contributed by atoms with E-state index in [-0.39, 0.29) is 24.9 Å². The molecule has 4 rings (SSSR count). The van der Waals surface area contributed by atoms with Crippen LogP contribution in [0.1, 0.15) is 28.7 Å². The van der Waals surface area contributed by atoms with Gasteiger partial charge in [-0.1, -0.05) is 47.6 Å². The molecule has 1 amide bonds. The van der Waals surface area contributed by atoms with Crippen LogP contribution in [0.3, 0.4) is 0 Å². The average Bonchev–Trinajstić information content (AvgIpc) is 3.35. The maximum absolute atomic E-state index is 12.8. The van der Waals surface area contributed by atoms with Crippen LogP contribution in [0, 0.1) is 6.92 Å². The molecule has 9 nitrogen and oxygen atoms in total. The summed E-state index contributed by atoms with van der Waals surface area (Å²) in [6.45, 7) is 4.07. The van der Waals surface area contributed by atoms with Crippen molar-refractivity contribution in [2.75, 3.05) is 24.8 Å². The van der Waals surface area contributed by atoms with E-state index >= 15 is 0 Å². The summed E-state index contributed by atoms with van der Waals surface area (Å²) in [6.07, 6.45) is 0. The number of benzene rings is 3. The number of hydrogen-bond acceptors (Lipinski definition) is 8. The van der Waals surface area contributed by atoms with E-state index in [0.717, 1.165) is 11.3 Å². The molecule has 1 N–H and O–H groups in total. The Kier molecular flexibility index (Phi) is 9.45. The van der Waals surface area contributed by atoms with E-state index < -0.39 is 5.97 Å². The second-order valence-electron chi connectivity index (χ2n) is 8.26. The van der Waals surface area contributed by atoms with Crippen molar-refractivity contribution in [3.05, 3.63) is 88.7 Å². The minimum atomic E-state index is -0.493. The molecule has 4 aromatic rings. The number of aryl methyl sites for hydroxylation is 1. The standard InChI is InChI=1S/C28H27ClN4O5S/c1-4-37-27(35)19-11-12-21(29)22(15-19)30-26(34)17-39-28-32-31-25(33(28)20-8-6-5-7-9-20)16-38-23-13-10-18(2)14-24(23)36-3/h5-15H,4,16-17H2,1-3H3,(H,30,34). The second-order valence-corrected chi connectivity index (χ2v) is 9.61. The fraction of sp³-hybridized carbons (Fsp3) is 0.214. The van der Waals surface area contributed by atoms with E-state index in [2.05, 4.69) is 15.5 Å². The van der Waals surface area contributed by atoms with E-state index in [9.17, 15) is 9.59 Å².